The Morgan fingerprint density at radius 1 is 1.29 bits per heavy atom. The molecule has 0 heterocycles. The van der Waals surface area contributed by atoms with E-state index in [1.807, 2.05) is 45.9 Å². The van der Waals surface area contributed by atoms with E-state index in [-0.39, 0.29) is 0 Å². The Bertz CT molecular complexity index is 409. The van der Waals surface area contributed by atoms with Crippen molar-refractivity contribution < 1.29 is 9.90 Å². The highest BCUT2D eigenvalue weighted by Gasteiger charge is 2.34. The van der Waals surface area contributed by atoms with Gasteiger partial charge in [-0.1, -0.05) is 26.0 Å². The highest BCUT2D eigenvalue weighted by atomic mass is 16.4. The average molecular weight is 235 g/mol. The van der Waals surface area contributed by atoms with Crippen molar-refractivity contribution in [3.8, 4) is 0 Å². The summed E-state index contributed by atoms with van der Waals surface area (Å²) >= 11 is 0. The SMILES string of the molecule is CCC(CC)(Nc1cc(C)ccc1C)C(=O)O. The summed E-state index contributed by atoms with van der Waals surface area (Å²) in [6.07, 6.45) is 1.12. The summed E-state index contributed by atoms with van der Waals surface area (Å²) in [7, 11) is 0. The second kappa shape index (κ2) is 5.21. The molecule has 94 valence electrons. The molecule has 0 aliphatic rings. The number of aliphatic carboxylic acids is 1. The second-order valence-electron chi connectivity index (χ2n) is 4.54. The van der Waals surface area contributed by atoms with E-state index in [0.29, 0.717) is 12.8 Å². The molecular weight excluding hydrogens is 214 g/mol. The normalized spacial score (nSPS) is 11.3. The van der Waals surface area contributed by atoms with Gasteiger partial charge in [0.2, 0.25) is 0 Å². The van der Waals surface area contributed by atoms with E-state index >= 15 is 0 Å². The Labute approximate surface area is 103 Å². The van der Waals surface area contributed by atoms with Crippen LogP contribution in [0.5, 0.6) is 0 Å². The van der Waals surface area contributed by atoms with Crippen LogP contribution in [0.4, 0.5) is 5.69 Å². The minimum absolute atomic E-state index is 0.562. The molecule has 0 unspecified atom stereocenters. The van der Waals surface area contributed by atoms with Gasteiger partial charge >= 0.3 is 5.97 Å². The molecule has 1 aromatic carbocycles. The van der Waals surface area contributed by atoms with Crippen molar-refractivity contribution >= 4 is 11.7 Å². The molecule has 0 saturated carbocycles. The first-order valence-corrected chi connectivity index (χ1v) is 6.04. The monoisotopic (exact) mass is 235 g/mol. The zero-order chi connectivity index (χ0) is 13.1. The topological polar surface area (TPSA) is 49.3 Å². The van der Waals surface area contributed by atoms with Gasteiger partial charge in [0.15, 0.2) is 0 Å². The Kier molecular flexibility index (Phi) is 4.16. The minimum Gasteiger partial charge on any atom is -0.480 e. The average Bonchev–Trinajstić information content (AvgIpc) is 2.30. The first-order valence-electron chi connectivity index (χ1n) is 6.04. The molecular formula is C14H21NO2. The first-order chi connectivity index (χ1) is 7.95. The molecule has 0 atom stereocenters. The summed E-state index contributed by atoms with van der Waals surface area (Å²) in [4.78, 5) is 11.4. The van der Waals surface area contributed by atoms with Crippen LogP contribution in [0.1, 0.15) is 37.8 Å². The fourth-order valence-electron chi connectivity index (χ4n) is 1.91. The Morgan fingerprint density at radius 2 is 1.88 bits per heavy atom. The van der Waals surface area contributed by atoms with E-state index in [9.17, 15) is 9.90 Å². The Balaban J connectivity index is 3.09. The largest absolute Gasteiger partial charge is 0.480 e. The number of hydrogen-bond acceptors (Lipinski definition) is 2. The summed E-state index contributed by atoms with van der Waals surface area (Å²) in [5.41, 5.74) is 2.25. The van der Waals surface area contributed by atoms with E-state index in [1.54, 1.807) is 0 Å². The van der Waals surface area contributed by atoms with E-state index < -0.39 is 11.5 Å². The van der Waals surface area contributed by atoms with Gasteiger partial charge in [0.1, 0.15) is 5.54 Å². The van der Waals surface area contributed by atoms with E-state index in [1.165, 1.54) is 0 Å². The number of carbonyl (C=O) groups is 1. The lowest BCUT2D eigenvalue weighted by atomic mass is 9.92. The van der Waals surface area contributed by atoms with Gasteiger partial charge in [-0.25, -0.2) is 4.79 Å². The molecule has 1 rings (SSSR count). The standard InChI is InChI=1S/C14H21NO2/c1-5-14(6-2,13(16)17)15-12-9-10(3)7-8-11(12)4/h7-9,15H,5-6H2,1-4H3,(H,16,17). The number of rotatable bonds is 5. The van der Waals surface area contributed by atoms with Crippen molar-refractivity contribution in [2.24, 2.45) is 0 Å². The maximum atomic E-state index is 11.4. The van der Waals surface area contributed by atoms with Gasteiger partial charge in [0.25, 0.3) is 0 Å². The number of nitrogens with one attached hydrogen (secondary N) is 1. The molecule has 0 radical (unpaired) electrons. The van der Waals surface area contributed by atoms with Crippen LogP contribution in [0.3, 0.4) is 0 Å². The number of anilines is 1. The highest BCUT2D eigenvalue weighted by molar-refractivity contribution is 5.83. The van der Waals surface area contributed by atoms with Crippen LogP contribution in [0.2, 0.25) is 0 Å². The lowest BCUT2D eigenvalue weighted by molar-refractivity contribution is -0.142. The van der Waals surface area contributed by atoms with Crippen LogP contribution in [0.15, 0.2) is 18.2 Å². The molecule has 0 aliphatic carbocycles. The van der Waals surface area contributed by atoms with Crippen LogP contribution in [-0.2, 0) is 4.79 Å². The molecule has 0 aliphatic heterocycles. The molecule has 0 bridgehead atoms. The van der Waals surface area contributed by atoms with Gasteiger partial charge in [-0.05, 0) is 43.9 Å². The maximum Gasteiger partial charge on any atom is 0.329 e. The number of aryl methyl sites for hydroxylation is 2. The summed E-state index contributed by atoms with van der Waals surface area (Å²) in [5, 5.41) is 12.6. The summed E-state index contributed by atoms with van der Waals surface area (Å²) in [5.74, 6) is -0.789. The molecule has 2 N–H and O–H groups in total. The van der Waals surface area contributed by atoms with Gasteiger partial charge in [0.05, 0.1) is 0 Å². The molecule has 17 heavy (non-hydrogen) atoms. The smallest absolute Gasteiger partial charge is 0.329 e. The molecule has 0 amide bonds. The van der Waals surface area contributed by atoms with Crippen molar-refractivity contribution in [3.63, 3.8) is 0 Å². The fraction of sp³-hybridized carbons (Fsp3) is 0.500. The lowest BCUT2D eigenvalue weighted by Crippen LogP contribution is -2.45. The van der Waals surface area contributed by atoms with Gasteiger partial charge in [-0.3, -0.25) is 0 Å². The van der Waals surface area contributed by atoms with Crippen molar-refractivity contribution in [1.29, 1.82) is 0 Å². The summed E-state index contributed by atoms with van der Waals surface area (Å²) in [6, 6.07) is 6.04. The number of hydrogen-bond donors (Lipinski definition) is 2. The zero-order valence-electron chi connectivity index (χ0n) is 11.0. The lowest BCUT2D eigenvalue weighted by Gasteiger charge is -2.30. The van der Waals surface area contributed by atoms with Crippen LogP contribution >= 0.6 is 0 Å². The van der Waals surface area contributed by atoms with Crippen LogP contribution in [0, 0.1) is 13.8 Å². The fourth-order valence-corrected chi connectivity index (χ4v) is 1.91. The summed E-state index contributed by atoms with van der Waals surface area (Å²) in [6.45, 7) is 7.79. The summed E-state index contributed by atoms with van der Waals surface area (Å²) < 4.78 is 0. The van der Waals surface area contributed by atoms with Crippen molar-refractivity contribution in [2.75, 3.05) is 5.32 Å². The predicted octanol–water partition coefficient (Wildman–Crippen LogP) is 3.36. The molecule has 0 fully saturated rings. The van der Waals surface area contributed by atoms with Crippen LogP contribution < -0.4 is 5.32 Å². The second-order valence-corrected chi connectivity index (χ2v) is 4.54. The molecule has 3 nitrogen and oxygen atoms in total. The number of benzene rings is 1. The van der Waals surface area contributed by atoms with Gasteiger partial charge < -0.3 is 10.4 Å². The minimum atomic E-state index is -0.863. The molecule has 0 saturated heterocycles. The Morgan fingerprint density at radius 3 is 2.35 bits per heavy atom. The predicted molar refractivity (Wildman–Crippen MR) is 70.5 cm³/mol. The van der Waals surface area contributed by atoms with Crippen molar-refractivity contribution in [1.82, 2.24) is 0 Å². The number of carboxylic acids is 1. The van der Waals surface area contributed by atoms with Gasteiger partial charge in [-0.15, -0.1) is 0 Å². The van der Waals surface area contributed by atoms with Crippen LogP contribution in [-0.4, -0.2) is 16.6 Å². The van der Waals surface area contributed by atoms with Crippen molar-refractivity contribution in [2.45, 2.75) is 46.1 Å². The molecule has 0 spiro atoms. The Hall–Kier alpha value is -1.51. The van der Waals surface area contributed by atoms with Crippen molar-refractivity contribution in [3.05, 3.63) is 29.3 Å². The third-order valence-electron chi connectivity index (χ3n) is 3.38. The maximum absolute atomic E-state index is 11.4. The van der Waals surface area contributed by atoms with Crippen LogP contribution in [0.25, 0.3) is 0 Å². The third-order valence-corrected chi connectivity index (χ3v) is 3.38. The van der Waals surface area contributed by atoms with Gasteiger partial charge in [0, 0.05) is 5.69 Å². The molecule has 0 aromatic heterocycles. The van der Waals surface area contributed by atoms with E-state index in [0.717, 1.165) is 16.8 Å². The van der Waals surface area contributed by atoms with E-state index in [2.05, 4.69) is 5.32 Å². The highest BCUT2D eigenvalue weighted by Crippen LogP contribution is 2.25. The number of carboxylic acid groups (broad SMARTS) is 1. The quantitative estimate of drug-likeness (QED) is 0.822. The molecule has 3 heteroatoms. The zero-order valence-corrected chi connectivity index (χ0v) is 11.0. The molecule has 1 aromatic rings. The third kappa shape index (κ3) is 2.78. The first kappa shape index (κ1) is 13.6. The van der Waals surface area contributed by atoms with Gasteiger partial charge in [-0.2, -0.15) is 0 Å². The van der Waals surface area contributed by atoms with E-state index in [4.69, 9.17) is 0 Å².